The molecule has 2 N–H and O–H groups in total. The van der Waals surface area contributed by atoms with Gasteiger partial charge in [0.2, 0.25) is 5.91 Å². The molecule has 1 spiro atoms. The van der Waals surface area contributed by atoms with E-state index in [0.717, 1.165) is 13.0 Å². The SMILES string of the molecule is C[C@@H](NC(=O)[C@@H]1CC2(CC2)CN1)c1cc2cnccc2n1S(=O)(=O)c1ccccc1.Cl. The van der Waals surface area contributed by atoms with Crippen molar-refractivity contribution in [2.45, 2.75) is 43.2 Å². The number of fused-ring (bicyclic) bond motifs is 1. The van der Waals surface area contributed by atoms with Crippen molar-refractivity contribution in [2.75, 3.05) is 6.54 Å². The van der Waals surface area contributed by atoms with E-state index in [9.17, 15) is 13.2 Å². The molecule has 2 aromatic heterocycles. The van der Waals surface area contributed by atoms with Gasteiger partial charge < -0.3 is 10.6 Å². The second-order valence-electron chi connectivity index (χ2n) is 8.45. The Morgan fingerprint density at radius 1 is 1.26 bits per heavy atom. The Balaban J connectivity index is 0.00000231. The minimum absolute atomic E-state index is 0. The monoisotopic (exact) mass is 460 g/mol. The summed E-state index contributed by atoms with van der Waals surface area (Å²) in [6.07, 6.45) is 6.41. The van der Waals surface area contributed by atoms with Crippen molar-refractivity contribution in [1.82, 2.24) is 19.6 Å². The highest BCUT2D eigenvalue weighted by Gasteiger charge is 2.50. The molecule has 0 radical (unpaired) electrons. The first-order valence-corrected chi connectivity index (χ1v) is 11.6. The maximum Gasteiger partial charge on any atom is 0.268 e. The van der Waals surface area contributed by atoms with Crippen molar-refractivity contribution in [3.05, 3.63) is 60.6 Å². The Morgan fingerprint density at radius 3 is 2.68 bits per heavy atom. The van der Waals surface area contributed by atoms with Gasteiger partial charge in [0.15, 0.2) is 0 Å². The highest BCUT2D eigenvalue weighted by Crippen LogP contribution is 2.51. The van der Waals surface area contributed by atoms with Gasteiger partial charge in [0.05, 0.1) is 28.2 Å². The van der Waals surface area contributed by atoms with E-state index in [1.165, 1.54) is 16.8 Å². The van der Waals surface area contributed by atoms with Gasteiger partial charge in [-0.25, -0.2) is 12.4 Å². The van der Waals surface area contributed by atoms with Crippen LogP contribution in [0, 0.1) is 5.41 Å². The van der Waals surface area contributed by atoms with Crippen LogP contribution in [0.15, 0.2) is 59.8 Å². The third-order valence-electron chi connectivity index (χ3n) is 6.30. The number of hydrogen-bond acceptors (Lipinski definition) is 5. The number of pyridine rings is 1. The Hall–Kier alpha value is -2.42. The second-order valence-corrected chi connectivity index (χ2v) is 10.2. The molecule has 2 atom stereocenters. The van der Waals surface area contributed by atoms with E-state index in [4.69, 9.17) is 0 Å². The van der Waals surface area contributed by atoms with Crippen LogP contribution in [0.5, 0.6) is 0 Å². The topological polar surface area (TPSA) is 93.1 Å². The molecule has 0 unspecified atom stereocenters. The molecule has 1 aliphatic carbocycles. The molecule has 2 fully saturated rings. The molecule has 3 aromatic rings. The highest BCUT2D eigenvalue weighted by molar-refractivity contribution is 7.90. The molecular formula is C22H25ClN4O3S. The zero-order valence-corrected chi connectivity index (χ0v) is 18.7. The normalized spacial score (nSPS) is 20.4. The van der Waals surface area contributed by atoms with Crippen LogP contribution in [0.4, 0.5) is 0 Å². The van der Waals surface area contributed by atoms with Gasteiger partial charge in [-0.2, -0.15) is 0 Å². The number of aromatic nitrogens is 2. The number of carbonyl (C=O) groups excluding carboxylic acids is 1. The summed E-state index contributed by atoms with van der Waals surface area (Å²) >= 11 is 0. The zero-order valence-electron chi connectivity index (χ0n) is 17.1. The van der Waals surface area contributed by atoms with Crippen LogP contribution in [0.3, 0.4) is 0 Å². The first-order chi connectivity index (χ1) is 14.4. The van der Waals surface area contributed by atoms with Crippen LogP contribution in [-0.4, -0.2) is 35.9 Å². The van der Waals surface area contributed by atoms with Crippen LogP contribution in [0.2, 0.25) is 0 Å². The summed E-state index contributed by atoms with van der Waals surface area (Å²) in [5.41, 5.74) is 1.36. The second kappa shape index (κ2) is 7.93. The molecule has 1 saturated carbocycles. The summed E-state index contributed by atoms with van der Waals surface area (Å²) in [6.45, 7) is 2.70. The lowest BCUT2D eigenvalue weighted by Gasteiger charge is -2.20. The Kier molecular flexibility index (Phi) is 5.57. The smallest absolute Gasteiger partial charge is 0.268 e. The predicted octanol–water partition coefficient (Wildman–Crippen LogP) is 3.01. The highest BCUT2D eigenvalue weighted by atomic mass is 35.5. The number of rotatable bonds is 5. The average Bonchev–Trinajstić information content (AvgIpc) is 3.19. The molecule has 1 amide bonds. The van der Waals surface area contributed by atoms with Crippen molar-refractivity contribution < 1.29 is 13.2 Å². The average molecular weight is 461 g/mol. The maximum atomic E-state index is 13.5. The molecule has 31 heavy (non-hydrogen) atoms. The number of halogens is 1. The lowest BCUT2D eigenvalue weighted by molar-refractivity contribution is -0.123. The number of benzene rings is 1. The van der Waals surface area contributed by atoms with Crippen LogP contribution in [0.25, 0.3) is 10.9 Å². The van der Waals surface area contributed by atoms with Gasteiger partial charge >= 0.3 is 0 Å². The number of hydrogen-bond donors (Lipinski definition) is 2. The van der Waals surface area contributed by atoms with Crippen LogP contribution in [-0.2, 0) is 14.8 Å². The molecule has 1 aliphatic heterocycles. The summed E-state index contributed by atoms with van der Waals surface area (Å²) < 4.78 is 28.3. The molecule has 1 aromatic carbocycles. The molecule has 2 aliphatic rings. The van der Waals surface area contributed by atoms with Gasteiger partial charge in [-0.3, -0.25) is 9.78 Å². The number of amides is 1. The molecule has 9 heteroatoms. The Morgan fingerprint density at radius 2 is 2.00 bits per heavy atom. The first kappa shape index (κ1) is 21.8. The molecule has 0 bridgehead atoms. The van der Waals surface area contributed by atoms with Crippen molar-refractivity contribution in [3.63, 3.8) is 0 Å². The van der Waals surface area contributed by atoms with Gasteiger partial charge in [-0.15, -0.1) is 12.4 Å². The minimum atomic E-state index is -3.84. The summed E-state index contributed by atoms with van der Waals surface area (Å²) in [5.74, 6) is -0.0849. The summed E-state index contributed by atoms with van der Waals surface area (Å²) in [6, 6.07) is 11.1. The number of nitrogens with one attached hydrogen (secondary N) is 2. The molecule has 164 valence electrons. The lowest BCUT2D eigenvalue weighted by Crippen LogP contribution is -2.42. The van der Waals surface area contributed by atoms with E-state index in [0.29, 0.717) is 22.0 Å². The zero-order chi connectivity index (χ0) is 20.9. The summed E-state index contributed by atoms with van der Waals surface area (Å²) in [5, 5.41) is 7.05. The molecule has 3 heterocycles. The fourth-order valence-corrected chi connectivity index (χ4v) is 5.99. The Labute approximate surface area is 187 Å². The van der Waals surface area contributed by atoms with E-state index < -0.39 is 16.1 Å². The van der Waals surface area contributed by atoms with E-state index >= 15 is 0 Å². The van der Waals surface area contributed by atoms with E-state index in [2.05, 4.69) is 15.6 Å². The Bertz CT molecular complexity index is 1220. The standard InChI is InChI=1S/C22H24N4O3S.ClH/c1-15(25-21(27)18-12-22(8-9-22)14-24-18)20-11-16-13-23-10-7-19(16)26(20)30(28,29)17-5-3-2-4-6-17;/h2-7,10-11,13,15,18,24H,8-9,12,14H2,1H3,(H,25,27);1H/t15-,18+;/m1./s1. The van der Waals surface area contributed by atoms with Crippen LogP contribution < -0.4 is 10.6 Å². The van der Waals surface area contributed by atoms with Gasteiger partial charge in [0.25, 0.3) is 10.0 Å². The third kappa shape index (κ3) is 3.84. The number of nitrogens with zero attached hydrogens (tertiary/aromatic N) is 2. The quantitative estimate of drug-likeness (QED) is 0.610. The van der Waals surface area contributed by atoms with Crippen LogP contribution in [0.1, 0.15) is 37.9 Å². The van der Waals surface area contributed by atoms with E-state index in [-0.39, 0.29) is 29.3 Å². The largest absolute Gasteiger partial charge is 0.347 e. The fraction of sp³-hybridized carbons (Fsp3) is 0.364. The summed E-state index contributed by atoms with van der Waals surface area (Å²) in [4.78, 5) is 17.2. The lowest BCUT2D eigenvalue weighted by atomic mass is 10.0. The third-order valence-corrected chi connectivity index (χ3v) is 8.06. The fourth-order valence-electron chi connectivity index (χ4n) is 4.37. The van der Waals surface area contributed by atoms with E-state index in [1.54, 1.807) is 54.9 Å². The van der Waals surface area contributed by atoms with Crippen LogP contribution >= 0.6 is 12.4 Å². The minimum Gasteiger partial charge on any atom is -0.347 e. The maximum absolute atomic E-state index is 13.5. The molecule has 1 saturated heterocycles. The van der Waals surface area contributed by atoms with Crippen molar-refractivity contribution in [3.8, 4) is 0 Å². The van der Waals surface area contributed by atoms with Gasteiger partial charge in [0.1, 0.15) is 0 Å². The molecule has 7 nitrogen and oxygen atoms in total. The number of carbonyl (C=O) groups is 1. The van der Waals surface area contributed by atoms with Gasteiger partial charge in [-0.05, 0) is 55.9 Å². The summed E-state index contributed by atoms with van der Waals surface area (Å²) in [7, 11) is -3.84. The molecule has 5 rings (SSSR count). The van der Waals surface area contributed by atoms with Crippen molar-refractivity contribution >= 4 is 39.2 Å². The predicted molar refractivity (Wildman–Crippen MR) is 121 cm³/mol. The van der Waals surface area contributed by atoms with E-state index in [1.807, 2.05) is 6.92 Å². The van der Waals surface area contributed by atoms with Crippen molar-refractivity contribution in [2.24, 2.45) is 5.41 Å². The van der Waals surface area contributed by atoms with Gasteiger partial charge in [-0.1, -0.05) is 18.2 Å². The van der Waals surface area contributed by atoms with Crippen molar-refractivity contribution in [1.29, 1.82) is 0 Å². The molecular weight excluding hydrogens is 436 g/mol. The van der Waals surface area contributed by atoms with Gasteiger partial charge in [0, 0.05) is 24.3 Å². The first-order valence-electron chi connectivity index (χ1n) is 10.2.